The van der Waals surface area contributed by atoms with Crippen LogP contribution in [0.5, 0.6) is 0 Å². The topological polar surface area (TPSA) is 65.5 Å². The molecule has 0 spiro atoms. The van der Waals surface area contributed by atoms with Crippen LogP contribution < -0.4 is 16.0 Å². The van der Waals surface area contributed by atoms with E-state index in [4.69, 9.17) is 0 Å². The maximum absolute atomic E-state index is 11.5. The van der Waals surface area contributed by atoms with Gasteiger partial charge in [0.2, 0.25) is 5.91 Å². The van der Waals surface area contributed by atoms with Crippen molar-refractivity contribution in [2.75, 3.05) is 25.4 Å². The van der Waals surface area contributed by atoms with E-state index in [1.807, 2.05) is 13.8 Å². The molecule has 0 radical (unpaired) electrons. The molecule has 1 aliphatic carbocycles. The number of amides is 1. The summed E-state index contributed by atoms with van der Waals surface area (Å²) in [5.74, 6) is 2.19. The largest absolute Gasteiger partial charge is 0.357 e. The minimum atomic E-state index is 0. The van der Waals surface area contributed by atoms with Gasteiger partial charge in [-0.05, 0) is 31.9 Å². The molecule has 142 valence electrons. The molecular formula is C17H35IN4OS. The van der Waals surface area contributed by atoms with E-state index < -0.39 is 0 Å². The molecule has 1 rings (SSSR count). The second-order valence-electron chi connectivity index (χ2n) is 6.29. The number of nitrogens with one attached hydrogen (secondary N) is 3. The number of hydrogen-bond acceptors (Lipinski definition) is 3. The number of carbonyl (C=O) groups excluding carboxylic acids is 1. The third-order valence-corrected chi connectivity index (χ3v) is 5.15. The lowest BCUT2D eigenvalue weighted by Crippen LogP contribution is -2.46. The van der Waals surface area contributed by atoms with Crippen LogP contribution in [0.25, 0.3) is 0 Å². The molecule has 2 atom stereocenters. The number of rotatable bonds is 8. The Hall–Kier alpha value is -0.180. The third kappa shape index (κ3) is 9.96. The summed E-state index contributed by atoms with van der Waals surface area (Å²) in [6.45, 7) is 10.2. The monoisotopic (exact) mass is 470 g/mol. The highest BCUT2D eigenvalue weighted by molar-refractivity contribution is 14.0. The maximum Gasteiger partial charge on any atom is 0.222 e. The van der Waals surface area contributed by atoms with Crippen LogP contribution in [0, 0.1) is 5.92 Å². The lowest BCUT2D eigenvalue weighted by Gasteiger charge is -2.30. The molecule has 3 N–H and O–H groups in total. The van der Waals surface area contributed by atoms with E-state index in [0.717, 1.165) is 17.8 Å². The molecule has 0 aliphatic heterocycles. The summed E-state index contributed by atoms with van der Waals surface area (Å²) in [6.07, 6.45) is 5.06. The zero-order valence-electron chi connectivity index (χ0n) is 15.6. The lowest BCUT2D eigenvalue weighted by molar-refractivity contribution is -0.123. The minimum Gasteiger partial charge on any atom is -0.357 e. The minimum absolute atomic E-state index is 0. The molecule has 2 unspecified atom stereocenters. The van der Waals surface area contributed by atoms with Gasteiger partial charge in [0.1, 0.15) is 0 Å². The molecule has 1 saturated carbocycles. The quantitative estimate of drug-likeness (QED) is 0.221. The van der Waals surface area contributed by atoms with Gasteiger partial charge in [0, 0.05) is 30.3 Å². The van der Waals surface area contributed by atoms with Crippen LogP contribution in [0.4, 0.5) is 0 Å². The van der Waals surface area contributed by atoms with Crippen molar-refractivity contribution in [1.29, 1.82) is 0 Å². The highest BCUT2D eigenvalue weighted by Gasteiger charge is 2.22. The molecule has 5 nitrogen and oxygen atoms in total. The van der Waals surface area contributed by atoms with Crippen molar-refractivity contribution in [3.05, 3.63) is 0 Å². The molecule has 1 fully saturated rings. The SMILES string of the molecule is CCNC(=NCCNC(=O)C(C)C)NC1CCCC(SCC)C1.I. The summed E-state index contributed by atoms with van der Waals surface area (Å²) in [4.78, 5) is 16.1. The normalized spacial score (nSPS) is 21.1. The smallest absolute Gasteiger partial charge is 0.222 e. The molecule has 1 amide bonds. The zero-order valence-corrected chi connectivity index (χ0v) is 18.7. The number of aliphatic imine (C=N–C) groups is 1. The van der Waals surface area contributed by atoms with Gasteiger partial charge < -0.3 is 16.0 Å². The number of hydrogen-bond donors (Lipinski definition) is 3. The van der Waals surface area contributed by atoms with Gasteiger partial charge in [-0.15, -0.1) is 24.0 Å². The highest BCUT2D eigenvalue weighted by Crippen LogP contribution is 2.28. The van der Waals surface area contributed by atoms with E-state index >= 15 is 0 Å². The Morgan fingerprint density at radius 3 is 2.62 bits per heavy atom. The van der Waals surface area contributed by atoms with E-state index in [1.54, 1.807) is 0 Å². The summed E-state index contributed by atoms with van der Waals surface area (Å²) >= 11 is 2.08. The van der Waals surface area contributed by atoms with E-state index in [2.05, 4.69) is 46.6 Å². The van der Waals surface area contributed by atoms with Gasteiger partial charge in [0.15, 0.2) is 5.96 Å². The first kappa shape index (κ1) is 23.8. The molecule has 0 aromatic carbocycles. The van der Waals surface area contributed by atoms with E-state index in [-0.39, 0.29) is 35.8 Å². The number of nitrogens with zero attached hydrogens (tertiary/aromatic N) is 1. The number of thioether (sulfide) groups is 1. The molecule has 0 bridgehead atoms. The zero-order chi connectivity index (χ0) is 17.1. The molecule has 0 saturated heterocycles. The summed E-state index contributed by atoms with van der Waals surface area (Å²) in [7, 11) is 0. The number of carbonyl (C=O) groups is 1. The van der Waals surface area contributed by atoms with Gasteiger partial charge in [-0.2, -0.15) is 11.8 Å². The molecule has 24 heavy (non-hydrogen) atoms. The van der Waals surface area contributed by atoms with Crippen molar-refractivity contribution >= 4 is 47.6 Å². The first-order valence-electron chi connectivity index (χ1n) is 9.00. The molecule has 0 aromatic heterocycles. The molecule has 0 heterocycles. The Morgan fingerprint density at radius 1 is 1.25 bits per heavy atom. The summed E-state index contributed by atoms with van der Waals surface area (Å²) in [6, 6.07) is 0.510. The van der Waals surface area contributed by atoms with Crippen LogP contribution in [0.1, 0.15) is 53.4 Å². The van der Waals surface area contributed by atoms with Crippen LogP contribution in [0.3, 0.4) is 0 Å². The van der Waals surface area contributed by atoms with Crippen molar-refractivity contribution in [1.82, 2.24) is 16.0 Å². The molecule has 1 aliphatic rings. The van der Waals surface area contributed by atoms with E-state index in [1.165, 1.54) is 31.4 Å². The molecule has 7 heteroatoms. The van der Waals surface area contributed by atoms with Crippen LogP contribution in [0.2, 0.25) is 0 Å². The fraction of sp³-hybridized carbons (Fsp3) is 0.882. The van der Waals surface area contributed by atoms with Crippen LogP contribution in [-0.2, 0) is 4.79 Å². The average molecular weight is 470 g/mol. The van der Waals surface area contributed by atoms with Crippen LogP contribution >= 0.6 is 35.7 Å². The average Bonchev–Trinajstić information content (AvgIpc) is 2.52. The molecular weight excluding hydrogens is 435 g/mol. The predicted octanol–water partition coefficient (Wildman–Crippen LogP) is 3.00. The first-order valence-corrected chi connectivity index (χ1v) is 10.1. The van der Waals surface area contributed by atoms with Crippen molar-refractivity contribution in [2.24, 2.45) is 10.9 Å². The predicted molar refractivity (Wildman–Crippen MR) is 117 cm³/mol. The summed E-state index contributed by atoms with van der Waals surface area (Å²) < 4.78 is 0. The summed E-state index contributed by atoms with van der Waals surface area (Å²) in [5.41, 5.74) is 0. The Balaban J connectivity index is 0.00000529. The third-order valence-electron chi connectivity index (χ3n) is 3.92. The van der Waals surface area contributed by atoms with Crippen molar-refractivity contribution in [2.45, 2.75) is 64.7 Å². The summed E-state index contributed by atoms with van der Waals surface area (Å²) in [5, 5.41) is 10.6. The van der Waals surface area contributed by atoms with Crippen LogP contribution in [-0.4, -0.2) is 48.5 Å². The van der Waals surface area contributed by atoms with Gasteiger partial charge >= 0.3 is 0 Å². The Labute approximate surface area is 169 Å². The Morgan fingerprint density at radius 2 is 2.00 bits per heavy atom. The van der Waals surface area contributed by atoms with E-state index in [0.29, 0.717) is 19.1 Å². The van der Waals surface area contributed by atoms with Gasteiger partial charge in [0.25, 0.3) is 0 Å². The van der Waals surface area contributed by atoms with Gasteiger partial charge in [-0.3, -0.25) is 9.79 Å². The van der Waals surface area contributed by atoms with Gasteiger partial charge in [0.05, 0.1) is 6.54 Å². The van der Waals surface area contributed by atoms with E-state index in [9.17, 15) is 4.79 Å². The van der Waals surface area contributed by atoms with Crippen molar-refractivity contribution in [3.8, 4) is 0 Å². The lowest BCUT2D eigenvalue weighted by atomic mass is 9.95. The number of guanidine groups is 1. The molecule has 0 aromatic rings. The van der Waals surface area contributed by atoms with Crippen molar-refractivity contribution in [3.63, 3.8) is 0 Å². The maximum atomic E-state index is 11.5. The Kier molecular flexibility index (Phi) is 13.9. The number of halogens is 1. The van der Waals surface area contributed by atoms with Gasteiger partial charge in [-0.25, -0.2) is 0 Å². The fourth-order valence-electron chi connectivity index (χ4n) is 2.73. The standard InChI is InChI=1S/C17H34N4OS.HI/c1-5-18-17(20-11-10-19-16(22)13(3)4)21-14-8-7-9-15(12-14)23-6-2;/h13-15H,5-12H2,1-4H3,(H,19,22)(H2,18,20,21);1H. The Bertz CT molecular complexity index is 378. The first-order chi connectivity index (χ1) is 11.1. The van der Waals surface area contributed by atoms with Crippen molar-refractivity contribution < 1.29 is 4.79 Å². The fourth-order valence-corrected chi connectivity index (χ4v) is 3.90. The highest BCUT2D eigenvalue weighted by atomic mass is 127. The second kappa shape index (κ2) is 14.0. The second-order valence-corrected chi connectivity index (χ2v) is 7.87. The van der Waals surface area contributed by atoms with Gasteiger partial charge in [-0.1, -0.05) is 27.2 Å². The van der Waals surface area contributed by atoms with Crippen LogP contribution in [0.15, 0.2) is 4.99 Å².